The van der Waals surface area contributed by atoms with E-state index in [-0.39, 0.29) is 0 Å². The summed E-state index contributed by atoms with van der Waals surface area (Å²) < 4.78 is 10.5. The second kappa shape index (κ2) is 5.54. The van der Waals surface area contributed by atoms with Crippen molar-refractivity contribution in [3.05, 3.63) is 24.3 Å². The standard InChI is InChI=1S/C13H18N4O2/c14-8-10-3-5-17(6-4-10)9-12-15-13(16-19-12)11-2-1-7-18-11/h1-2,7,10H,3-6,8-9,14H2. The highest BCUT2D eigenvalue weighted by Crippen LogP contribution is 2.19. The van der Waals surface area contributed by atoms with E-state index >= 15 is 0 Å². The van der Waals surface area contributed by atoms with Gasteiger partial charge in [-0.1, -0.05) is 5.16 Å². The van der Waals surface area contributed by atoms with Crippen LogP contribution in [0.4, 0.5) is 0 Å². The van der Waals surface area contributed by atoms with Gasteiger partial charge in [-0.3, -0.25) is 4.90 Å². The van der Waals surface area contributed by atoms with Crippen LogP contribution in [0.5, 0.6) is 0 Å². The second-order valence-electron chi connectivity index (χ2n) is 4.94. The summed E-state index contributed by atoms with van der Waals surface area (Å²) in [7, 11) is 0. The van der Waals surface area contributed by atoms with Gasteiger partial charge in [-0.25, -0.2) is 0 Å². The molecule has 3 heterocycles. The van der Waals surface area contributed by atoms with Crippen LogP contribution in [0.3, 0.4) is 0 Å². The van der Waals surface area contributed by atoms with E-state index in [4.69, 9.17) is 14.7 Å². The van der Waals surface area contributed by atoms with Gasteiger partial charge in [0.2, 0.25) is 11.7 Å². The molecule has 0 spiro atoms. The predicted molar refractivity (Wildman–Crippen MR) is 69.1 cm³/mol. The van der Waals surface area contributed by atoms with Crippen molar-refractivity contribution in [2.75, 3.05) is 19.6 Å². The summed E-state index contributed by atoms with van der Waals surface area (Å²) >= 11 is 0. The van der Waals surface area contributed by atoms with Crippen molar-refractivity contribution in [1.82, 2.24) is 15.0 Å². The van der Waals surface area contributed by atoms with Crippen molar-refractivity contribution in [1.29, 1.82) is 0 Å². The Labute approximate surface area is 111 Å². The molecule has 1 saturated heterocycles. The van der Waals surface area contributed by atoms with Gasteiger partial charge in [-0.05, 0) is 50.5 Å². The van der Waals surface area contributed by atoms with Crippen molar-refractivity contribution < 1.29 is 8.94 Å². The molecule has 0 unspecified atom stereocenters. The molecule has 1 aliphatic rings. The molecule has 1 aliphatic heterocycles. The van der Waals surface area contributed by atoms with E-state index < -0.39 is 0 Å². The Morgan fingerprint density at radius 3 is 2.89 bits per heavy atom. The average molecular weight is 262 g/mol. The summed E-state index contributed by atoms with van der Waals surface area (Å²) in [6.07, 6.45) is 3.90. The number of hydrogen-bond acceptors (Lipinski definition) is 6. The van der Waals surface area contributed by atoms with E-state index in [0.29, 0.717) is 29.9 Å². The van der Waals surface area contributed by atoms with Gasteiger partial charge < -0.3 is 14.7 Å². The summed E-state index contributed by atoms with van der Waals surface area (Å²) in [6.45, 7) is 3.57. The quantitative estimate of drug-likeness (QED) is 0.899. The molecule has 2 N–H and O–H groups in total. The van der Waals surface area contributed by atoms with Crippen molar-refractivity contribution in [2.24, 2.45) is 11.7 Å². The van der Waals surface area contributed by atoms with Crippen LogP contribution in [0.2, 0.25) is 0 Å². The number of furan rings is 1. The molecular formula is C13H18N4O2. The maximum absolute atomic E-state index is 5.69. The first-order valence-corrected chi connectivity index (χ1v) is 6.64. The van der Waals surface area contributed by atoms with Gasteiger partial charge in [0.05, 0.1) is 12.8 Å². The lowest BCUT2D eigenvalue weighted by Gasteiger charge is -2.30. The zero-order chi connectivity index (χ0) is 13.1. The van der Waals surface area contributed by atoms with E-state index in [1.54, 1.807) is 6.26 Å². The number of nitrogens with zero attached hydrogens (tertiary/aromatic N) is 3. The molecule has 2 aromatic rings. The summed E-state index contributed by atoms with van der Waals surface area (Å²) in [5.74, 6) is 2.45. The molecule has 0 radical (unpaired) electrons. The largest absolute Gasteiger partial charge is 0.461 e. The third kappa shape index (κ3) is 2.85. The predicted octanol–water partition coefficient (Wildman–Crippen LogP) is 1.50. The third-order valence-corrected chi connectivity index (χ3v) is 3.61. The highest BCUT2D eigenvalue weighted by atomic mass is 16.5. The zero-order valence-electron chi connectivity index (χ0n) is 10.8. The van der Waals surface area contributed by atoms with Gasteiger partial charge in [0.1, 0.15) is 0 Å². The smallest absolute Gasteiger partial charge is 0.241 e. The molecule has 6 nitrogen and oxygen atoms in total. The SMILES string of the molecule is NCC1CCN(Cc2nc(-c3ccco3)no2)CC1. The van der Waals surface area contributed by atoms with Crippen molar-refractivity contribution in [3.8, 4) is 11.6 Å². The van der Waals surface area contributed by atoms with Gasteiger partial charge in [-0.15, -0.1) is 0 Å². The fourth-order valence-corrected chi connectivity index (χ4v) is 2.40. The van der Waals surface area contributed by atoms with Gasteiger partial charge in [0, 0.05) is 0 Å². The molecule has 0 aromatic carbocycles. The number of aromatic nitrogens is 2. The molecule has 0 atom stereocenters. The summed E-state index contributed by atoms with van der Waals surface area (Å²) in [5.41, 5.74) is 5.69. The maximum Gasteiger partial charge on any atom is 0.241 e. The molecule has 2 aromatic heterocycles. The number of hydrogen-bond donors (Lipinski definition) is 1. The van der Waals surface area contributed by atoms with Gasteiger partial charge >= 0.3 is 0 Å². The van der Waals surface area contributed by atoms with Crippen molar-refractivity contribution in [2.45, 2.75) is 19.4 Å². The third-order valence-electron chi connectivity index (χ3n) is 3.61. The molecule has 3 rings (SSSR count). The summed E-state index contributed by atoms with van der Waals surface area (Å²) in [6, 6.07) is 3.63. The lowest BCUT2D eigenvalue weighted by atomic mass is 9.97. The van der Waals surface area contributed by atoms with E-state index in [9.17, 15) is 0 Å². The van der Waals surface area contributed by atoms with Crippen LogP contribution in [-0.2, 0) is 6.54 Å². The molecule has 0 amide bonds. The fourth-order valence-electron chi connectivity index (χ4n) is 2.40. The maximum atomic E-state index is 5.69. The van der Waals surface area contributed by atoms with Gasteiger partial charge in [0.15, 0.2) is 5.76 Å². The summed E-state index contributed by atoms with van der Waals surface area (Å²) in [5, 5.41) is 3.93. The Hall–Kier alpha value is -1.66. The molecule has 0 bridgehead atoms. The number of nitrogens with two attached hydrogens (primary N) is 1. The number of rotatable bonds is 4. The minimum Gasteiger partial charge on any atom is -0.461 e. The van der Waals surface area contributed by atoms with Crippen LogP contribution in [0, 0.1) is 5.92 Å². The zero-order valence-corrected chi connectivity index (χ0v) is 10.8. The van der Waals surface area contributed by atoms with Crippen LogP contribution < -0.4 is 5.73 Å². The molecule has 0 aliphatic carbocycles. The molecular weight excluding hydrogens is 244 g/mol. The van der Waals surface area contributed by atoms with Crippen LogP contribution in [0.15, 0.2) is 27.3 Å². The molecule has 6 heteroatoms. The van der Waals surface area contributed by atoms with Gasteiger partial charge in [0.25, 0.3) is 0 Å². The van der Waals surface area contributed by atoms with Crippen LogP contribution in [0.25, 0.3) is 11.6 Å². The van der Waals surface area contributed by atoms with Crippen LogP contribution in [0.1, 0.15) is 18.7 Å². The lowest BCUT2D eigenvalue weighted by molar-refractivity contribution is 0.161. The van der Waals surface area contributed by atoms with E-state index in [1.807, 2.05) is 12.1 Å². The first-order chi connectivity index (χ1) is 9.35. The molecule has 102 valence electrons. The fraction of sp³-hybridized carbons (Fsp3) is 0.538. The second-order valence-corrected chi connectivity index (χ2v) is 4.94. The average Bonchev–Trinajstić information content (AvgIpc) is 3.10. The first-order valence-electron chi connectivity index (χ1n) is 6.64. The molecule has 1 fully saturated rings. The lowest BCUT2D eigenvalue weighted by Crippen LogP contribution is -2.35. The Balaban J connectivity index is 1.59. The Kier molecular flexibility index (Phi) is 3.61. The minimum absolute atomic E-state index is 0.511. The Bertz CT molecular complexity index is 500. The first kappa shape index (κ1) is 12.4. The van der Waals surface area contributed by atoms with Crippen LogP contribution >= 0.6 is 0 Å². The summed E-state index contributed by atoms with van der Waals surface area (Å²) in [4.78, 5) is 6.67. The number of piperidine rings is 1. The minimum atomic E-state index is 0.511. The monoisotopic (exact) mass is 262 g/mol. The Morgan fingerprint density at radius 1 is 1.37 bits per heavy atom. The molecule has 0 saturated carbocycles. The van der Waals surface area contributed by atoms with E-state index in [1.165, 1.54) is 0 Å². The topological polar surface area (TPSA) is 81.3 Å². The Morgan fingerprint density at radius 2 is 2.21 bits per heavy atom. The van der Waals surface area contributed by atoms with Crippen molar-refractivity contribution >= 4 is 0 Å². The highest BCUT2D eigenvalue weighted by Gasteiger charge is 2.20. The van der Waals surface area contributed by atoms with Crippen LogP contribution in [-0.4, -0.2) is 34.7 Å². The van der Waals surface area contributed by atoms with Gasteiger partial charge in [-0.2, -0.15) is 4.98 Å². The highest BCUT2D eigenvalue weighted by molar-refractivity contribution is 5.44. The van der Waals surface area contributed by atoms with E-state index in [0.717, 1.165) is 32.5 Å². The normalized spacial score (nSPS) is 17.9. The molecule has 19 heavy (non-hydrogen) atoms. The van der Waals surface area contributed by atoms with Crippen molar-refractivity contribution in [3.63, 3.8) is 0 Å². The van der Waals surface area contributed by atoms with E-state index in [2.05, 4.69) is 15.0 Å². The number of likely N-dealkylation sites (tertiary alicyclic amines) is 1.